The highest BCUT2D eigenvalue weighted by atomic mass is 16.5. The van der Waals surface area contributed by atoms with Gasteiger partial charge in [-0.05, 0) is 42.4 Å². The fraction of sp³-hybridized carbons (Fsp3) is 0.667. The Kier molecular flexibility index (Phi) is 4.62. The first kappa shape index (κ1) is 13.9. The maximum atomic E-state index is 5.57. The lowest BCUT2D eigenvalue weighted by molar-refractivity contribution is 0.261. The van der Waals surface area contributed by atoms with E-state index in [4.69, 9.17) is 4.74 Å². The average Bonchev–Trinajstić information content (AvgIpc) is 2.96. The van der Waals surface area contributed by atoms with Crippen molar-refractivity contribution in [1.82, 2.24) is 5.32 Å². The standard InChI is InChI=1S/C18H27NO/c1-2-17(15-6-4-3-5-7-15)19-13-14-8-9-18-16(12-14)10-11-20-18/h8-9,12,15,17,19H,2-7,10-11,13H2,1H3. The first-order chi connectivity index (χ1) is 9.86. The molecule has 1 fully saturated rings. The van der Waals surface area contributed by atoms with E-state index in [1.54, 1.807) is 0 Å². The summed E-state index contributed by atoms with van der Waals surface area (Å²) in [4.78, 5) is 0. The Morgan fingerprint density at radius 3 is 2.90 bits per heavy atom. The third-order valence-electron chi connectivity index (χ3n) is 4.98. The van der Waals surface area contributed by atoms with Crippen molar-refractivity contribution in [2.24, 2.45) is 5.92 Å². The van der Waals surface area contributed by atoms with Gasteiger partial charge in [-0.1, -0.05) is 38.3 Å². The quantitative estimate of drug-likeness (QED) is 0.873. The van der Waals surface area contributed by atoms with Gasteiger partial charge in [0.2, 0.25) is 0 Å². The van der Waals surface area contributed by atoms with Gasteiger partial charge in [0.15, 0.2) is 0 Å². The third kappa shape index (κ3) is 3.17. The molecule has 0 radical (unpaired) electrons. The number of ether oxygens (including phenoxy) is 1. The van der Waals surface area contributed by atoms with E-state index in [0.29, 0.717) is 6.04 Å². The predicted octanol–water partition coefficient (Wildman–Crippen LogP) is 4.07. The zero-order valence-corrected chi connectivity index (χ0v) is 12.7. The van der Waals surface area contributed by atoms with Crippen LogP contribution in [0.25, 0.3) is 0 Å². The van der Waals surface area contributed by atoms with Crippen LogP contribution in [0.4, 0.5) is 0 Å². The first-order valence-electron chi connectivity index (χ1n) is 8.35. The zero-order valence-electron chi connectivity index (χ0n) is 12.7. The third-order valence-corrected chi connectivity index (χ3v) is 4.98. The molecule has 1 aliphatic heterocycles. The van der Waals surface area contributed by atoms with Crippen molar-refractivity contribution in [2.45, 2.75) is 64.5 Å². The van der Waals surface area contributed by atoms with Gasteiger partial charge >= 0.3 is 0 Å². The van der Waals surface area contributed by atoms with Crippen molar-refractivity contribution < 1.29 is 4.74 Å². The van der Waals surface area contributed by atoms with Gasteiger partial charge in [-0.25, -0.2) is 0 Å². The van der Waals surface area contributed by atoms with E-state index in [-0.39, 0.29) is 0 Å². The Labute approximate surface area is 122 Å². The zero-order chi connectivity index (χ0) is 13.8. The van der Waals surface area contributed by atoms with Crippen LogP contribution in [0.15, 0.2) is 18.2 Å². The fourth-order valence-electron chi connectivity index (χ4n) is 3.78. The summed E-state index contributed by atoms with van der Waals surface area (Å²) < 4.78 is 5.57. The van der Waals surface area contributed by atoms with Crippen molar-refractivity contribution in [2.75, 3.05) is 6.61 Å². The van der Waals surface area contributed by atoms with Gasteiger partial charge in [-0.3, -0.25) is 0 Å². The number of fused-ring (bicyclic) bond motifs is 1. The van der Waals surface area contributed by atoms with Gasteiger partial charge in [0.25, 0.3) is 0 Å². The molecule has 0 spiro atoms. The van der Waals surface area contributed by atoms with E-state index >= 15 is 0 Å². The summed E-state index contributed by atoms with van der Waals surface area (Å²) in [5.41, 5.74) is 2.79. The maximum absolute atomic E-state index is 5.57. The summed E-state index contributed by atoms with van der Waals surface area (Å²) in [7, 11) is 0. The summed E-state index contributed by atoms with van der Waals surface area (Å²) in [6, 6.07) is 7.37. The van der Waals surface area contributed by atoms with Crippen molar-refractivity contribution in [3.63, 3.8) is 0 Å². The molecule has 0 saturated heterocycles. The van der Waals surface area contributed by atoms with Crippen LogP contribution in [0.1, 0.15) is 56.6 Å². The van der Waals surface area contributed by atoms with Crippen molar-refractivity contribution in [3.05, 3.63) is 29.3 Å². The monoisotopic (exact) mass is 273 g/mol. The molecular weight excluding hydrogens is 246 g/mol. The van der Waals surface area contributed by atoms with Crippen molar-refractivity contribution in [1.29, 1.82) is 0 Å². The van der Waals surface area contributed by atoms with E-state index in [2.05, 4.69) is 30.4 Å². The molecule has 2 aliphatic rings. The van der Waals surface area contributed by atoms with Gasteiger partial charge < -0.3 is 10.1 Å². The van der Waals surface area contributed by atoms with E-state index in [1.165, 1.54) is 49.7 Å². The summed E-state index contributed by atoms with van der Waals surface area (Å²) in [5.74, 6) is 1.99. The summed E-state index contributed by atoms with van der Waals surface area (Å²) in [5, 5.41) is 3.81. The Hall–Kier alpha value is -1.02. The molecule has 0 amide bonds. The lowest BCUT2D eigenvalue weighted by Gasteiger charge is -2.30. The van der Waals surface area contributed by atoms with E-state index in [0.717, 1.165) is 31.2 Å². The molecule has 1 aliphatic carbocycles. The second kappa shape index (κ2) is 6.62. The van der Waals surface area contributed by atoms with Crippen LogP contribution in [0, 0.1) is 5.92 Å². The van der Waals surface area contributed by atoms with Crippen LogP contribution in [0.3, 0.4) is 0 Å². The first-order valence-corrected chi connectivity index (χ1v) is 8.35. The predicted molar refractivity (Wildman–Crippen MR) is 83.1 cm³/mol. The molecule has 1 atom stereocenters. The molecule has 0 aromatic heterocycles. The van der Waals surface area contributed by atoms with E-state index in [9.17, 15) is 0 Å². The molecule has 1 heterocycles. The molecule has 2 nitrogen and oxygen atoms in total. The normalized spacial score (nSPS) is 20.4. The minimum absolute atomic E-state index is 0.694. The minimum atomic E-state index is 0.694. The summed E-state index contributed by atoms with van der Waals surface area (Å²) in [6.07, 6.45) is 9.46. The lowest BCUT2D eigenvalue weighted by Crippen LogP contribution is -2.36. The Morgan fingerprint density at radius 2 is 2.10 bits per heavy atom. The highest BCUT2D eigenvalue weighted by Gasteiger charge is 2.22. The van der Waals surface area contributed by atoms with Gasteiger partial charge in [0.1, 0.15) is 5.75 Å². The molecule has 110 valence electrons. The molecule has 0 bridgehead atoms. The molecule has 2 heteroatoms. The second-order valence-electron chi connectivity index (χ2n) is 6.33. The van der Waals surface area contributed by atoms with Gasteiger partial charge in [-0.15, -0.1) is 0 Å². The van der Waals surface area contributed by atoms with Crippen molar-refractivity contribution >= 4 is 0 Å². The summed E-state index contributed by atoms with van der Waals surface area (Å²) in [6.45, 7) is 4.18. The molecular formula is C18H27NO. The Bertz CT molecular complexity index is 437. The number of benzene rings is 1. The molecule has 1 saturated carbocycles. The van der Waals surface area contributed by atoms with Crippen LogP contribution < -0.4 is 10.1 Å². The van der Waals surface area contributed by atoms with Crippen molar-refractivity contribution in [3.8, 4) is 5.75 Å². The Morgan fingerprint density at radius 1 is 1.25 bits per heavy atom. The fourth-order valence-corrected chi connectivity index (χ4v) is 3.78. The molecule has 1 aromatic carbocycles. The molecule has 1 N–H and O–H groups in total. The minimum Gasteiger partial charge on any atom is -0.493 e. The van der Waals surface area contributed by atoms with Gasteiger partial charge in [0, 0.05) is 19.0 Å². The number of nitrogens with one attached hydrogen (secondary N) is 1. The van der Waals surface area contributed by atoms with Gasteiger partial charge in [-0.2, -0.15) is 0 Å². The number of hydrogen-bond donors (Lipinski definition) is 1. The van der Waals surface area contributed by atoms with Crippen LogP contribution in [0.2, 0.25) is 0 Å². The van der Waals surface area contributed by atoms with Gasteiger partial charge in [0.05, 0.1) is 6.61 Å². The maximum Gasteiger partial charge on any atom is 0.122 e. The molecule has 1 aromatic rings. The number of hydrogen-bond acceptors (Lipinski definition) is 2. The smallest absolute Gasteiger partial charge is 0.122 e. The SMILES string of the molecule is CCC(NCc1ccc2c(c1)CCO2)C1CCCCC1. The van der Waals surface area contributed by atoms with Crippen LogP contribution in [0.5, 0.6) is 5.75 Å². The van der Waals surface area contributed by atoms with Crippen LogP contribution in [-0.2, 0) is 13.0 Å². The van der Waals surface area contributed by atoms with Crippen LogP contribution >= 0.6 is 0 Å². The average molecular weight is 273 g/mol. The molecule has 20 heavy (non-hydrogen) atoms. The van der Waals surface area contributed by atoms with Crippen LogP contribution in [-0.4, -0.2) is 12.6 Å². The molecule has 3 rings (SSSR count). The van der Waals surface area contributed by atoms with E-state index < -0.39 is 0 Å². The molecule has 1 unspecified atom stereocenters. The highest BCUT2D eigenvalue weighted by Crippen LogP contribution is 2.29. The highest BCUT2D eigenvalue weighted by molar-refractivity contribution is 5.39. The topological polar surface area (TPSA) is 21.3 Å². The lowest BCUT2D eigenvalue weighted by atomic mass is 9.83. The largest absolute Gasteiger partial charge is 0.493 e. The number of rotatable bonds is 5. The second-order valence-corrected chi connectivity index (χ2v) is 6.33. The summed E-state index contributed by atoms with van der Waals surface area (Å²) >= 11 is 0. The Balaban J connectivity index is 1.57. The van der Waals surface area contributed by atoms with E-state index in [1.807, 2.05) is 0 Å².